The third-order valence-corrected chi connectivity index (χ3v) is 5.29. The predicted molar refractivity (Wildman–Crippen MR) is 81.4 cm³/mol. The van der Waals surface area contributed by atoms with Gasteiger partial charge in [-0.1, -0.05) is 46.0 Å². The zero-order chi connectivity index (χ0) is 13.5. The SMILES string of the molecule is CCNC(COC1CCCCC1CC)C1CCCC1. The van der Waals surface area contributed by atoms with Crippen LogP contribution in [0.4, 0.5) is 0 Å². The average molecular weight is 267 g/mol. The van der Waals surface area contributed by atoms with Crippen molar-refractivity contribution in [3.05, 3.63) is 0 Å². The van der Waals surface area contributed by atoms with E-state index in [1.54, 1.807) is 0 Å². The van der Waals surface area contributed by atoms with E-state index in [4.69, 9.17) is 4.74 Å². The van der Waals surface area contributed by atoms with E-state index in [-0.39, 0.29) is 0 Å². The van der Waals surface area contributed by atoms with Crippen molar-refractivity contribution in [2.75, 3.05) is 13.2 Å². The van der Waals surface area contributed by atoms with Crippen LogP contribution in [0.15, 0.2) is 0 Å². The van der Waals surface area contributed by atoms with Crippen LogP contribution in [0.1, 0.15) is 71.6 Å². The van der Waals surface area contributed by atoms with Crippen LogP contribution in [0.5, 0.6) is 0 Å². The minimum absolute atomic E-state index is 0.543. The maximum absolute atomic E-state index is 6.35. The number of likely N-dealkylation sites (N-methyl/N-ethyl adjacent to an activating group) is 1. The van der Waals surface area contributed by atoms with Gasteiger partial charge in [0.2, 0.25) is 0 Å². The molecule has 2 saturated carbocycles. The van der Waals surface area contributed by atoms with E-state index in [1.807, 2.05) is 0 Å². The number of rotatable bonds is 7. The highest BCUT2D eigenvalue weighted by Gasteiger charge is 2.28. The molecule has 0 amide bonds. The van der Waals surface area contributed by atoms with Crippen molar-refractivity contribution < 1.29 is 4.74 Å². The van der Waals surface area contributed by atoms with Crippen LogP contribution in [-0.2, 0) is 4.74 Å². The fraction of sp³-hybridized carbons (Fsp3) is 1.00. The Kier molecular flexibility index (Phi) is 6.66. The second-order valence-corrected chi connectivity index (χ2v) is 6.53. The van der Waals surface area contributed by atoms with Crippen molar-refractivity contribution in [1.82, 2.24) is 5.32 Å². The summed E-state index contributed by atoms with van der Waals surface area (Å²) in [5, 5.41) is 3.67. The lowest BCUT2D eigenvalue weighted by molar-refractivity contribution is -0.0274. The molecule has 0 heterocycles. The highest BCUT2D eigenvalue weighted by Crippen LogP contribution is 2.31. The molecule has 2 rings (SSSR count). The van der Waals surface area contributed by atoms with Gasteiger partial charge in [0.25, 0.3) is 0 Å². The standard InChI is InChI=1S/C17H33NO/c1-3-14-9-7-8-12-17(14)19-13-16(18-4-2)15-10-5-6-11-15/h14-18H,3-13H2,1-2H3. The van der Waals surface area contributed by atoms with Crippen LogP contribution in [-0.4, -0.2) is 25.3 Å². The summed E-state index contributed by atoms with van der Waals surface area (Å²) in [6.07, 6.45) is 13.0. The largest absolute Gasteiger partial charge is 0.376 e. The van der Waals surface area contributed by atoms with Crippen LogP contribution < -0.4 is 5.32 Å². The Morgan fingerprint density at radius 3 is 2.37 bits per heavy atom. The Morgan fingerprint density at radius 1 is 1.00 bits per heavy atom. The lowest BCUT2D eigenvalue weighted by Crippen LogP contribution is -2.41. The summed E-state index contributed by atoms with van der Waals surface area (Å²) in [7, 11) is 0. The maximum Gasteiger partial charge on any atom is 0.0626 e. The minimum atomic E-state index is 0.543. The van der Waals surface area contributed by atoms with Gasteiger partial charge in [-0.2, -0.15) is 0 Å². The van der Waals surface area contributed by atoms with Crippen LogP contribution in [0.2, 0.25) is 0 Å². The maximum atomic E-state index is 6.35. The molecule has 2 aliphatic carbocycles. The average Bonchev–Trinajstić information content (AvgIpc) is 2.97. The number of hydrogen-bond donors (Lipinski definition) is 1. The normalized spacial score (nSPS) is 30.6. The number of nitrogens with one attached hydrogen (secondary N) is 1. The summed E-state index contributed by atoms with van der Waals surface area (Å²) in [6.45, 7) is 6.56. The van der Waals surface area contributed by atoms with Gasteiger partial charge < -0.3 is 10.1 Å². The molecular weight excluding hydrogens is 234 g/mol. The Morgan fingerprint density at radius 2 is 1.68 bits per heavy atom. The predicted octanol–water partition coefficient (Wildman–Crippen LogP) is 4.14. The van der Waals surface area contributed by atoms with Crippen LogP contribution in [0, 0.1) is 11.8 Å². The van der Waals surface area contributed by atoms with Gasteiger partial charge in [0.1, 0.15) is 0 Å². The highest BCUT2D eigenvalue weighted by molar-refractivity contribution is 4.82. The quantitative estimate of drug-likeness (QED) is 0.748. The molecule has 1 N–H and O–H groups in total. The molecule has 0 aromatic heterocycles. The van der Waals surface area contributed by atoms with Crippen LogP contribution in [0.3, 0.4) is 0 Å². The molecule has 0 radical (unpaired) electrons. The fourth-order valence-electron chi connectivity index (χ4n) is 4.07. The molecule has 0 aromatic carbocycles. The summed E-state index contributed by atoms with van der Waals surface area (Å²) in [5.74, 6) is 1.68. The van der Waals surface area contributed by atoms with E-state index in [2.05, 4.69) is 19.2 Å². The van der Waals surface area contributed by atoms with Crippen molar-refractivity contribution in [3.63, 3.8) is 0 Å². The van der Waals surface area contributed by atoms with Gasteiger partial charge >= 0.3 is 0 Å². The van der Waals surface area contributed by atoms with E-state index < -0.39 is 0 Å². The number of hydrogen-bond acceptors (Lipinski definition) is 2. The van der Waals surface area contributed by atoms with E-state index in [0.717, 1.165) is 25.0 Å². The van der Waals surface area contributed by atoms with Gasteiger partial charge in [0, 0.05) is 6.04 Å². The van der Waals surface area contributed by atoms with Crippen molar-refractivity contribution >= 4 is 0 Å². The Bertz CT molecular complexity index is 237. The second-order valence-electron chi connectivity index (χ2n) is 6.53. The zero-order valence-electron chi connectivity index (χ0n) is 13.0. The molecule has 19 heavy (non-hydrogen) atoms. The van der Waals surface area contributed by atoms with Gasteiger partial charge in [-0.05, 0) is 44.1 Å². The summed E-state index contributed by atoms with van der Waals surface area (Å²) < 4.78 is 6.35. The first kappa shape index (κ1) is 15.3. The van der Waals surface area contributed by atoms with Gasteiger partial charge in [-0.15, -0.1) is 0 Å². The molecular formula is C17H33NO. The summed E-state index contributed by atoms with van der Waals surface area (Å²) >= 11 is 0. The minimum Gasteiger partial charge on any atom is -0.376 e. The van der Waals surface area contributed by atoms with Crippen LogP contribution in [0.25, 0.3) is 0 Å². The molecule has 2 fully saturated rings. The first-order valence-corrected chi connectivity index (χ1v) is 8.70. The Labute approximate surface area is 119 Å². The van der Waals surface area contributed by atoms with E-state index in [9.17, 15) is 0 Å². The number of ether oxygens (including phenoxy) is 1. The lowest BCUT2D eigenvalue weighted by atomic mass is 9.84. The van der Waals surface area contributed by atoms with Crippen molar-refractivity contribution in [2.24, 2.45) is 11.8 Å². The van der Waals surface area contributed by atoms with E-state index in [0.29, 0.717) is 12.1 Å². The van der Waals surface area contributed by atoms with Crippen LogP contribution >= 0.6 is 0 Å². The van der Waals surface area contributed by atoms with Gasteiger partial charge in [0.15, 0.2) is 0 Å². The molecule has 2 nitrogen and oxygen atoms in total. The van der Waals surface area contributed by atoms with E-state index in [1.165, 1.54) is 57.8 Å². The monoisotopic (exact) mass is 267 g/mol. The molecule has 3 atom stereocenters. The molecule has 2 aliphatic rings. The van der Waals surface area contributed by atoms with Gasteiger partial charge in [0.05, 0.1) is 12.7 Å². The second kappa shape index (κ2) is 8.26. The Hall–Kier alpha value is -0.0800. The summed E-state index contributed by atoms with van der Waals surface area (Å²) in [4.78, 5) is 0. The zero-order valence-corrected chi connectivity index (χ0v) is 13.0. The van der Waals surface area contributed by atoms with Crippen molar-refractivity contribution in [3.8, 4) is 0 Å². The van der Waals surface area contributed by atoms with Gasteiger partial charge in [-0.3, -0.25) is 0 Å². The topological polar surface area (TPSA) is 21.3 Å². The van der Waals surface area contributed by atoms with Crippen molar-refractivity contribution in [2.45, 2.75) is 83.8 Å². The van der Waals surface area contributed by atoms with Crippen molar-refractivity contribution in [1.29, 1.82) is 0 Å². The molecule has 3 unspecified atom stereocenters. The van der Waals surface area contributed by atoms with E-state index >= 15 is 0 Å². The molecule has 0 bridgehead atoms. The smallest absolute Gasteiger partial charge is 0.0626 e. The molecule has 112 valence electrons. The highest BCUT2D eigenvalue weighted by atomic mass is 16.5. The fourth-order valence-corrected chi connectivity index (χ4v) is 4.07. The first-order chi connectivity index (χ1) is 9.35. The lowest BCUT2D eigenvalue weighted by Gasteiger charge is -2.33. The summed E-state index contributed by atoms with van der Waals surface area (Å²) in [6, 6.07) is 0.604. The summed E-state index contributed by atoms with van der Waals surface area (Å²) in [5.41, 5.74) is 0. The molecule has 0 saturated heterocycles. The third kappa shape index (κ3) is 4.46. The van der Waals surface area contributed by atoms with Gasteiger partial charge in [-0.25, -0.2) is 0 Å². The molecule has 2 heteroatoms. The molecule has 0 aliphatic heterocycles. The molecule has 0 spiro atoms. The molecule has 0 aromatic rings. The third-order valence-electron chi connectivity index (χ3n) is 5.29. The Balaban J connectivity index is 1.79. The first-order valence-electron chi connectivity index (χ1n) is 8.70.